The van der Waals surface area contributed by atoms with Crippen molar-refractivity contribution in [2.45, 2.75) is 85.1 Å². The van der Waals surface area contributed by atoms with Gasteiger partial charge in [0.2, 0.25) is 0 Å². The summed E-state index contributed by atoms with van der Waals surface area (Å²) in [6.07, 6.45) is 6.71. The Bertz CT molecular complexity index is 278. The van der Waals surface area contributed by atoms with Crippen LogP contribution in [-0.4, -0.2) is 55.1 Å². The molecular weight excluding hydrogens is 403 g/mol. The number of hydrogen-bond acceptors (Lipinski definition) is 4. The van der Waals surface area contributed by atoms with Crippen LogP contribution in [0.15, 0.2) is 0 Å². The number of hydrogen-bond donors (Lipinski definition) is 2. The van der Waals surface area contributed by atoms with Gasteiger partial charge in [0.15, 0.2) is 6.10 Å². The number of aliphatic carboxylic acids is 1. The van der Waals surface area contributed by atoms with Gasteiger partial charge in [-0.25, -0.2) is 4.79 Å². The summed E-state index contributed by atoms with van der Waals surface area (Å²) in [6.45, 7) is 7.01. The van der Waals surface area contributed by atoms with Gasteiger partial charge in [-0.15, -0.1) is 0 Å². The van der Waals surface area contributed by atoms with E-state index in [0.717, 1.165) is 7.11 Å². The van der Waals surface area contributed by atoms with E-state index < -0.39 is 44.2 Å². The van der Waals surface area contributed by atoms with Crippen LogP contribution >= 0.6 is 0 Å². The van der Waals surface area contributed by atoms with Crippen molar-refractivity contribution in [3.8, 4) is 0 Å². The smallest absolute Gasteiger partial charge is 0.333 e. The van der Waals surface area contributed by atoms with Crippen molar-refractivity contribution in [2.75, 3.05) is 7.11 Å². The van der Waals surface area contributed by atoms with Crippen LogP contribution < -0.4 is 0 Å². The van der Waals surface area contributed by atoms with E-state index in [1.807, 2.05) is 0 Å². The van der Waals surface area contributed by atoms with E-state index in [0.29, 0.717) is 0 Å². The maximum atomic E-state index is 10.3. The van der Waals surface area contributed by atoms with Gasteiger partial charge in [0.25, 0.3) is 0 Å². The molecule has 0 aliphatic heterocycles. The van der Waals surface area contributed by atoms with Gasteiger partial charge in [-0.2, -0.15) is 0 Å². The van der Waals surface area contributed by atoms with Crippen LogP contribution in [0.2, 0.25) is 13.3 Å². The first-order valence-electron chi connectivity index (χ1n) is 8.90. The SMILES string of the molecule is CCC[CH2][SnH]([CH2]CCC)[CH2]CCC.COC(=O)CC(O)C(=O)O. The Kier molecular flexibility index (Phi) is 19.6. The summed E-state index contributed by atoms with van der Waals surface area (Å²) in [5.41, 5.74) is 0. The summed E-state index contributed by atoms with van der Waals surface area (Å²) >= 11 is -0.967. The van der Waals surface area contributed by atoms with Crippen LogP contribution in [0.5, 0.6) is 0 Å². The molecule has 1 unspecified atom stereocenters. The van der Waals surface area contributed by atoms with Crippen LogP contribution in [0.1, 0.15) is 65.7 Å². The van der Waals surface area contributed by atoms with Gasteiger partial charge < -0.3 is 14.9 Å². The summed E-state index contributed by atoms with van der Waals surface area (Å²) in [5.74, 6) is -2.17. The standard InChI is InChI=1S/C5H8O5.3C4H9.Sn.H/c1-10-4(7)2-3(6)5(8)9;3*1-3-4-2;;/h3,6H,2H2,1H3,(H,8,9);3*1,3-4H2,2H3;;. The van der Waals surface area contributed by atoms with E-state index in [-0.39, 0.29) is 0 Å². The van der Waals surface area contributed by atoms with Crippen LogP contribution in [0.25, 0.3) is 0 Å². The average molecular weight is 439 g/mol. The first kappa shape index (κ1) is 24.9. The van der Waals surface area contributed by atoms with Gasteiger partial charge in [-0.1, -0.05) is 0 Å². The topological polar surface area (TPSA) is 83.8 Å². The number of unbranched alkanes of at least 4 members (excludes halogenated alkanes) is 3. The molecule has 0 rings (SSSR count). The predicted octanol–water partition coefficient (Wildman–Crippen LogP) is 3.61. The summed E-state index contributed by atoms with van der Waals surface area (Å²) in [7, 11) is 1.12. The second-order valence-corrected chi connectivity index (χ2v) is 15.8. The Morgan fingerprint density at radius 3 is 1.61 bits per heavy atom. The fourth-order valence-corrected chi connectivity index (χ4v) is 13.2. The molecule has 0 aromatic heterocycles. The first-order valence-corrected chi connectivity index (χ1v) is 15.9. The summed E-state index contributed by atoms with van der Waals surface area (Å²) < 4.78 is 9.19. The average Bonchev–Trinajstić information content (AvgIpc) is 2.54. The quantitative estimate of drug-likeness (QED) is 0.359. The van der Waals surface area contributed by atoms with E-state index in [9.17, 15) is 9.59 Å². The van der Waals surface area contributed by atoms with Gasteiger partial charge in [0.05, 0.1) is 13.5 Å². The number of carbonyl (C=O) groups excluding carboxylic acids is 1. The summed E-state index contributed by atoms with van der Waals surface area (Å²) in [6, 6.07) is 0. The molecule has 0 heterocycles. The van der Waals surface area contributed by atoms with Crippen molar-refractivity contribution in [1.29, 1.82) is 0 Å². The minimum absolute atomic E-state index is 0.508. The largest absolute Gasteiger partial charge is 0.479 e. The normalized spacial score (nSPS) is 11.6. The molecule has 0 aromatic carbocycles. The molecule has 0 fully saturated rings. The second-order valence-electron chi connectivity index (χ2n) is 5.93. The van der Waals surface area contributed by atoms with Crippen molar-refractivity contribution in [3.63, 3.8) is 0 Å². The zero-order valence-corrected chi connectivity index (χ0v) is 18.6. The number of esters is 1. The van der Waals surface area contributed by atoms with Crippen molar-refractivity contribution in [2.24, 2.45) is 0 Å². The van der Waals surface area contributed by atoms with E-state index in [1.54, 1.807) is 13.3 Å². The third kappa shape index (κ3) is 17.9. The van der Waals surface area contributed by atoms with E-state index in [4.69, 9.17) is 10.2 Å². The minimum Gasteiger partial charge on any atom is -0.479 e. The fraction of sp³-hybridized carbons (Fsp3) is 0.882. The van der Waals surface area contributed by atoms with Crippen molar-refractivity contribution in [3.05, 3.63) is 0 Å². The van der Waals surface area contributed by atoms with Crippen LogP contribution in [0.3, 0.4) is 0 Å². The zero-order valence-electron chi connectivity index (χ0n) is 15.3. The zero-order chi connectivity index (χ0) is 18.1. The number of methoxy groups -OCH3 is 1. The van der Waals surface area contributed by atoms with E-state index in [2.05, 4.69) is 25.5 Å². The van der Waals surface area contributed by atoms with Gasteiger partial charge in [-0.3, -0.25) is 4.79 Å². The Morgan fingerprint density at radius 1 is 0.957 bits per heavy atom. The molecule has 0 aromatic rings. The molecule has 0 aliphatic rings. The number of carboxylic acid groups (broad SMARTS) is 1. The first-order chi connectivity index (χ1) is 10.9. The minimum atomic E-state index is -1.66. The molecular formula is C17H36O5Sn. The maximum Gasteiger partial charge on any atom is 0.333 e. The molecule has 5 nitrogen and oxygen atoms in total. The molecule has 0 saturated heterocycles. The number of aliphatic hydroxyl groups is 1. The molecule has 0 aliphatic carbocycles. The molecule has 23 heavy (non-hydrogen) atoms. The van der Waals surface area contributed by atoms with Crippen LogP contribution in [0, 0.1) is 0 Å². The third-order valence-electron chi connectivity index (χ3n) is 3.77. The van der Waals surface area contributed by atoms with Gasteiger partial charge in [0, 0.05) is 0 Å². The molecule has 0 bridgehead atoms. The van der Waals surface area contributed by atoms with E-state index >= 15 is 0 Å². The number of carbonyl (C=O) groups is 2. The molecule has 0 spiro atoms. The van der Waals surface area contributed by atoms with Gasteiger partial charge in [-0.05, 0) is 0 Å². The number of rotatable bonds is 12. The van der Waals surface area contributed by atoms with Crippen LogP contribution in [0.4, 0.5) is 0 Å². The van der Waals surface area contributed by atoms with Crippen molar-refractivity contribution < 1.29 is 24.5 Å². The van der Waals surface area contributed by atoms with Crippen molar-refractivity contribution in [1.82, 2.24) is 0 Å². The predicted molar refractivity (Wildman–Crippen MR) is 96.6 cm³/mol. The molecule has 6 heteroatoms. The molecule has 138 valence electrons. The van der Waals surface area contributed by atoms with Gasteiger partial charge in [0.1, 0.15) is 0 Å². The molecule has 0 radical (unpaired) electrons. The number of ether oxygens (including phenoxy) is 1. The Morgan fingerprint density at radius 2 is 1.35 bits per heavy atom. The van der Waals surface area contributed by atoms with Crippen molar-refractivity contribution >= 4 is 31.7 Å². The Hall–Kier alpha value is -0.301. The third-order valence-corrected chi connectivity index (χ3v) is 14.3. The number of aliphatic hydroxyl groups excluding tert-OH is 1. The Balaban J connectivity index is 0. The fourth-order valence-electron chi connectivity index (χ4n) is 2.24. The molecule has 0 saturated carbocycles. The summed E-state index contributed by atoms with van der Waals surface area (Å²) in [4.78, 5) is 20.2. The molecule has 2 N–H and O–H groups in total. The van der Waals surface area contributed by atoms with Gasteiger partial charge >= 0.3 is 104 Å². The molecule has 0 amide bonds. The molecule has 1 atom stereocenters. The summed E-state index contributed by atoms with van der Waals surface area (Å²) in [5, 5.41) is 16.6. The van der Waals surface area contributed by atoms with E-state index in [1.165, 1.54) is 38.5 Å². The monoisotopic (exact) mass is 440 g/mol. The van der Waals surface area contributed by atoms with Crippen LogP contribution in [-0.2, 0) is 14.3 Å². The number of carboxylic acids is 1. The Labute approximate surface area is 148 Å². The second kappa shape index (κ2) is 18.0. The maximum absolute atomic E-state index is 10.3.